The Balaban J connectivity index is 2.88. The van der Waals surface area contributed by atoms with E-state index in [1.807, 2.05) is 6.92 Å². The fraction of sp³-hybridized carbons (Fsp3) is 0.579. The normalized spacial score (nSPS) is 12.2. The molecule has 4 nitrogen and oxygen atoms in total. The first kappa shape index (κ1) is 19.2. The van der Waals surface area contributed by atoms with Crippen LogP contribution in [0, 0.1) is 12.8 Å². The number of carboxylic acid groups (broad SMARTS) is 1. The molecule has 0 heterocycles. The molecule has 128 valence electrons. The van der Waals surface area contributed by atoms with Crippen molar-refractivity contribution in [1.82, 2.24) is 0 Å². The quantitative estimate of drug-likeness (QED) is 0.661. The highest BCUT2D eigenvalue weighted by molar-refractivity contribution is 6.02. The van der Waals surface area contributed by atoms with Gasteiger partial charge in [0, 0.05) is 0 Å². The van der Waals surface area contributed by atoms with E-state index in [4.69, 9.17) is 4.74 Å². The molecular formula is C19H28O4. The fourth-order valence-corrected chi connectivity index (χ4v) is 2.44. The molecule has 1 unspecified atom stereocenters. The highest BCUT2D eigenvalue weighted by Gasteiger charge is 2.21. The van der Waals surface area contributed by atoms with Crippen LogP contribution in [0.4, 0.5) is 0 Å². The van der Waals surface area contributed by atoms with Crippen molar-refractivity contribution in [1.29, 1.82) is 0 Å². The molecule has 0 aromatic heterocycles. The van der Waals surface area contributed by atoms with Crippen molar-refractivity contribution in [3.63, 3.8) is 0 Å². The molecule has 0 aliphatic carbocycles. The predicted octanol–water partition coefficient (Wildman–Crippen LogP) is 4.85. The van der Waals surface area contributed by atoms with Crippen LogP contribution in [-0.2, 0) is 4.74 Å². The SMILES string of the molecule is CCCCC(CCC(C)C)OC(=O)c1cc(C)ccc1C(=O)O. The maximum atomic E-state index is 12.5. The summed E-state index contributed by atoms with van der Waals surface area (Å²) in [7, 11) is 0. The van der Waals surface area contributed by atoms with Crippen LogP contribution in [0.1, 0.15) is 79.2 Å². The van der Waals surface area contributed by atoms with Crippen molar-refractivity contribution in [2.45, 2.75) is 65.9 Å². The van der Waals surface area contributed by atoms with Gasteiger partial charge in [0.05, 0.1) is 11.1 Å². The van der Waals surface area contributed by atoms with E-state index < -0.39 is 11.9 Å². The molecule has 0 bridgehead atoms. The summed E-state index contributed by atoms with van der Waals surface area (Å²) in [6, 6.07) is 4.74. The molecule has 1 rings (SSSR count). The molecule has 4 heteroatoms. The van der Waals surface area contributed by atoms with E-state index in [0.29, 0.717) is 5.92 Å². The van der Waals surface area contributed by atoms with Crippen LogP contribution in [0.5, 0.6) is 0 Å². The lowest BCUT2D eigenvalue weighted by Gasteiger charge is -2.19. The second-order valence-electron chi connectivity index (χ2n) is 6.49. The minimum atomic E-state index is -1.11. The van der Waals surface area contributed by atoms with Gasteiger partial charge in [-0.25, -0.2) is 9.59 Å². The van der Waals surface area contributed by atoms with Crippen molar-refractivity contribution in [3.05, 3.63) is 34.9 Å². The molecule has 0 fully saturated rings. The Hall–Kier alpha value is -1.84. The summed E-state index contributed by atoms with van der Waals surface area (Å²) in [6.07, 6.45) is 4.52. The van der Waals surface area contributed by atoms with Crippen LogP contribution < -0.4 is 0 Å². The van der Waals surface area contributed by atoms with Crippen LogP contribution in [0.2, 0.25) is 0 Å². The standard InChI is InChI=1S/C19H28O4/c1-5-6-7-15(10-8-13(2)3)23-19(22)17-12-14(4)9-11-16(17)18(20)21/h9,11-13,15H,5-8,10H2,1-4H3,(H,20,21). The Morgan fingerprint density at radius 2 is 1.83 bits per heavy atom. The Morgan fingerprint density at radius 1 is 1.13 bits per heavy atom. The highest BCUT2D eigenvalue weighted by Crippen LogP contribution is 2.19. The number of carbonyl (C=O) groups is 2. The fourth-order valence-electron chi connectivity index (χ4n) is 2.44. The number of aryl methyl sites for hydroxylation is 1. The highest BCUT2D eigenvalue weighted by atomic mass is 16.5. The molecule has 1 N–H and O–H groups in total. The summed E-state index contributed by atoms with van der Waals surface area (Å²) < 4.78 is 5.63. The number of carbonyl (C=O) groups excluding carboxylic acids is 1. The third kappa shape index (κ3) is 6.43. The van der Waals surface area contributed by atoms with Gasteiger partial charge in [-0.15, -0.1) is 0 Å². The van der Waals surface area contributed by atoms with Crippen LogP contribution in [0.3, 0.4) is 0 Å². The lowest BCUT2D eigenvalue weighted by Crippen LogP contribution is -2.21. The van der Waals surface area contributed by atoms with Crippen LogP contribution in [0.15, 0.2) is 18.2 Å². The minimum absolute atomic E-state index is 0.00120. The van der Waals surface area contributed by atoms with Gasteiger partial charge in [0.2, 0.25) is 0 Å². The van der Waals surface area contributed by atoms with E-state index in [1.54, 1.807) is 12.1 Å². The van der Waals surface area contributed by atoms with Crippen LogP contribution in [0.25, 0.3) is 0 Å². The van der Waals surface area contributed by atoms with Gasteiger partial charge in [0.25, 0.3) is 0 Å². The number of hydrogen-bond acceptors (Lipinski definition) is 3. The number of unbranched alkanes of at least 4 members (excludes halogenated alkanes) is 1. The van der Waals surface area contributed by atoms with Crippen molar-refractivity contribution in [2.24, 2.45) is 5.92 Å². The molecule has 0 saturated heterocycles. The average Bonchev–Trinajstić information content (AvgIpc) is 2.49. The number of esters is 1. The molecule has 1 atom stereocenters. The van der Waals surface area contributed by atoms with Crippen molar-refractivity contribution < 1.29 is 19.4 Å². The van der Waals surface area contributed by atoms with E-state index in [1.165, 1.54) is 6.07 Å². The monoisotopic (exact) mass is 320 g/mol. The van der Waals surface area contributed by atoms with Gasteiger partial charge in [0.1, 0.15) is 6.10 Å². The van der Waals surface area contributed by atoms with Gasteiger partial charge in [0.15, 0.2) is 0 Å². The Labute approximate surface area is 138 Å². The number of aromatic carboxylic acids is 1. The van der Waals surface area contributed by atoms with E-state index in [2.05, 4.69) is 20.8 Å². The second-order valence-corrected chi connectivity index (χ2v) is 6.49. The van der Waals surface area contributed by atoms with Crippen molar-refractivity contribution in [3.8, 4) is 0 Å². The molecule has 0 spiro atoms. The third-order valence-corrected chi connectivity index (χ3v) is 3.84. The van der Waals surface area contributed by atoms with Crippen LogP contribution in [-0.4, -0.2) is 23.1 Å². The predicted molar refractivity (Wildman–Crippen MR) is 90.9 cm³/mol. The molecule has 0 radical (unpaired) electrons. The average molecular weight is 320 g/mol. The summed E-state index contributed by atoms with van der Waals surface area (Å²) in [5, 5.41) is 9.25. The van der Waals surface area contributed by atoms with Gasteiger partial charge in [-0.3, -0.25) is 0 Å². The zero-order valence-corrected chi connectivity index (χ0v) is 14.6. The molecule has 0 amide bonds. The lowest BCUT2D eigenvalue weighted by molar-refractivity contribution is 0.0238. The number of rotatable bonds is 9. The number of carboxylic acids is 1. The second kappa shape index (κ2) is 9.33. The third-order valence-electron chi connectivity index (χ3n) is 3.84. The van der Waals surface area contributed by atoms with Crippen molar-refractivity contribution in [2.75, 3.05) is 0 Å². The largest absolute Gasteiger partial charge is 0.478 e. The van der Waals surface area contributed by atoms with Gasteiger partial charge < -0.3 is 9.84 Å². The molecule has 0 aliphatic rings. The molecule has 23 heavy (non-hydrogen) atoms. The van der Waals surface area contributed by atoms with E-state index in [9.17, 15) is 14.7 Å². The zero-order chi connectivity index (χ0) is 17.4. The molecular weight excluding hydrogens is 292 g/mol. The van der Waals surface area contributed by atoms with Crippen molar-refractivity contribution >= 4 is 11.9 Å². The Kier molecular flexibility index (Phi) is 7.79. The first-order valence-corrected chi connectivity index (χ1v) is 8.40. The maximum absolute atomic E-state index is 12.5. The Morgan fingerprint density at radius 3 is 2.39 bits per heavy atom. The topological polar surface area (TPSA) is 63.6 Å². The van der Waals surface area contributed by atoms with E-state index >= 15 is 0 Å². The Bertz CT molecular complexity index is 534. The van der Waals surface area contributed by atoms with Crippen LogP contribution >= 0.6 is 0 Å². The van der Waals surface area contributed by atoms with Gasteiger partial charge in [-0.2, -0.15) is 0 Å². The first-order valence-electron chi connectivity index (χ1n) is 8.40. The zero-order valence-electron chi connectivity index (χ0n) is 14.6. The van der Waals surface area contributed by atoms with Gasteiger partial charge in [-0.1, -0.05) is 45.2 Å². The van der Waals surface area contributed by atoms with Gasteiger partial charge >= 0.3 is 11.9 Å². The maximum Gasteiger partial charge on any atom is 0.339 e. The molecule has 1 aromatic carbocycles. The van der Waals surface area contributed by atoms with E-state index in [0.717, 1.165) is 37.7 Å². The summed E-state index contributed by atoms with van der Waals surface area (Å²) >= 11 is 0. The minimum Gasteiger partial charge on any atom is -0.478 e. The smallest absolute Gasteiger partial charge is 0.339 e. The number of ether oxygens (including phenoxy) is 1. The first-order chi connectivity index (χ1) is 10.8. The summed E-state index contributed by atoms with van der Waals surface area (Å²) in [5.74, 6) is -1.09. The van der Waals surface area contributed by atoms with Gasteiger partial charge in [-0.05, 0) is 44.2 Å². The summed E-state index contributed by atoms with van der Waals surface area (Å²) in [6.45, 7) is 8.21. The molecule has 0 saturated carbocycles. The summed E-state index contributed by atoms with van der Waals surface area (Å²) in [5.41, 5.74) is 0.983. The lowest BCUT2D eigenvalue weighted by atomic mass is 10.0. The molecule has 1 aromatic rings. The number of hydrogen-bond donors (Lipinski definition) is 1. The molecule has 0 aliphatic heterocycles. The van der Waals surface area contributed by atoms with E-state index in [-0.39, 0.29) is 17.2 Å². The number of benzene rings is 1. The summed E-state index contributed by atoms with van der Waals surface area (Å²) in [4.78, 5) is 23.8.